The maximum Gasteiger partial charge on any atom is 0.276 e. The number of nitrogens with zero attached hydrogens (tertiary/aromatic N) is 1. The monoisotopic (exact) mass is 380 g/mol. The largest absolute Gasteiger partial charge is 0.506 e. The molecule has 0 saturated heterocycles. The molecule has 10 heteroatoms. The Morgan fingerprint density at radius 3 is 2.52 bits per heavy atom. The van der Waals surface area contributed by atoms with E-state index >= 15 is 0 Å². The molecule has 0 unspecified atom stereocenters. The summed E-state index contributed by atoms with van der Waals surface area (Å²) >= 11 is 6.13. The summed E-state index contributed by atoms with van der Waals surface area (Å²) in [7, 11) is -3.79. The molecule has 0 spiro atoms. The van der Waals surface area contributed by atoms with Crippen LogP contribution in [0.4, 0.5) is 11.4 Å². The van der Waals surface area contributed by atoms with E-state index in [0.29, 0.717) is 22.5 Å². The number of nitrogens with two attached hydrogens (primary N) is 1. The third-order valence-corrected chi connectivity index (χ3v) is 4.91. The first-order valence-electron chi connectivity index (χ1n) is 6.99. The number of benzene rings is 2. The molecule has 3 rings (SSSR count). The third kappa shape index (κ3) is 3.16. The van der Waals surface area contributed by atoms with Gasteiger partial charge in [-0.1, -0.05) is 11.6 Å². The molecule has 8 nitrogen and oxygen atoms in total. The van der Waals surface area contributed by atoms with Crippen molar-refractivity contribution in [2.75, 3.05) is 10.7 Å². The number of hydrazone groups is 1. The van der Waals surface area contributed by atoms with Gasteiger partial charge in [-0.3, -0.25) is 10.2 Å². The first-order valence-corrected chi connectivity index (χ1v) is 8.91. The Morgan fingerprint density at radius 2 is 1.92 bits per heavy atom. The van der Waals surface area contributed by atoms with E-state index in [0.717, 1.165) is 0 Å². The number of sulfonamides is 1. The second kappa shape index (κ2) is 6.03. The van der Waals surface area contributed by atoms with Crippen LogP contribution in [0.15, 0.2) is 40.3 Å². The van der Waals surface area contributed by atoms with Crippen LogP contribution >= 0.6 is 11.6 Å². The predicted molar refractivity (Wildman–Crippen MR) is 94.5 cm³/mol. The average molecular weight is 381 g/mol. The van der Waals surface area contributed by atoms with E-state index in [1.165, 1.54) is 24.3 Å². The maximum absolute atomic E-state index is 12.1. The Labute approximate surface area is 148 Å². The van der Waals surface area contributed by atoms with E-state index in [4.69, 9.17) is 16.7 Å². The van der Waals surface area contributed by atoms with Crippen LogP contribution in [0.25, 0.3) is 0 Å². The summed E-state index contributed by atoms with van der Waals surface area (Å²) in [6, 6.07) is 7.11. The van der Waals surface area contributed by atoms with Crippen LogP contribution in [0.1, 0.15) is 11.1 Å². The predicted octanol–water partition coefficient (Wildman–Crippen LogP) is 1.77. The van der Waals surface area contributed by atoms with Gasteiger partial charge in [0.05, 0.1) is 26.9 Å². The van der Waals surface area contributed by atoms with Crippen molar-refractivity contribution in [3.8, 4) is 5.75 Å². The highest BCUT2D eigenvalue weighted by molar-refractivity contribution is 7.89. The SMILES string of the molecule is Cc1cc2c(c(Cl)c1O)/C(=N/Nc1ccc(S(N)(=O)=O)cc1)C(=O)N2. The van der Waals surface area contributed by atoms with Crippen LogP contribution in [-0.4, -0.2) is 25.1 Å². The number of primary sulfonamides is 1. The summed E-state index contributed by atoms with van der Waals surface area (Å²) in [4.78, 5) is 12.1. The van der Waals surface area contributed by atoms with E-state index in [9.17, 15) is 18.3 Å². The van der Waals surface area contributed by atoms with Crippen LogP contribution in [0.3, 0.4) is 0 Å². The molecule has 1 amide bonds. The number of aromatic hydroxyl groups is 1. The summed E-state index contributed by atoms with van der Waals surface area (Å²) in [5.41, 5.74) is 4.37. The lowest BCUT2D eigenvalue weighted by Gasteiger charge is -2.07. The van der Waals surface area contributed by atoms with Crippen LogP contribution < -0.4 is 15.9 Å². The number of nitrogens with one attached hydrogen (secondary N) is 2. The summed E-state index contributed by atoms with van der Waals surface area (Å²) in [5.74, 6) is -0.599. The van der Waals surface area contributed by atoms with Gasteiger partial charge in [0.25, 0.3) is 5.91 Å². The number of anilines is 2. The van der Waals surface area contributed by atoms with Gasteiger partial charge in [-0.25, -0.2) is 13.6 Å². The Balaban J connectivity index is 1.94. The molecule has 0 radical (unpaired) electrons. The number of fused-ring (bicyclic) bond motifs is 1. The minimum absolute atomic E-state index is 0.00539. The molecule has 1 aliphatic heterocycles. The summed E-state index contributed by atoms with van der Waals surface area (Å²) < 4.78 is 22.5. The molecule has 0 aromatic heterocycles. The van der Waals surface area contributed by atoms with Crippen molar-refractivity contribution in [3.05, 3.63) is 46.5 Å². The van der Waals surface area contributed by atoms with Gasteiger partial charge in [0.2, 0.25) is 10.0 Å². The van der Waals surface area contributed by atoms with Gasteiger partial charge in [0.15, 0.2) is 5.71 Å². The zero-order valence-corrected chi connectivity index (χ0v) is 14.4. The fourth-order valence-electron chi connectivity index (χ4n) is 2.34. The first-order chi connectivity index (χ1) is 11.7. The summed E-state index contributed by atoms with van der Waals surface area (Å²) in [6.45, 7) is 1.66. The quantitative estimate of drug-likeness (QED) is 0.475. The number of amides is 1. The number of carbonyl (C=O) groups is 1. The Morgan fingerprint density at radius 1 is 1.28 bits per heavy atom. The molecule has 130 valence electrons. The molecular weight excluding hydrogens is 368 g/mol. The Hall–Kier alpha value is -2.62. The van der Waals surface area contributed by atoms with Gasteiger partial charge in [0, 0.05) is 0 Å². The van der Waals surface area contributed by atoms with Crippen LogP contribution in [0.5, 0.6) is 5.75 Å². The van der Waals surface area contributed by atoms with Gasteiger partial charge >= 0.3 is 0 Å². The Kier molecular flexibility index (Phi) is 4.15. The molecule has 1 heterocycles. The molecule has 0 bridgehead atoms. The molecule has 0 aliphatic carbocycles. The normalized spacial score (nSPS) is 15.2. The van der Waals surface area contributed by atoms with Gasteiger partial charge in [-0.15, -0.1) is 0 Å². The second-order valence-electron chi connectivity index (χ2n) is 5.37. The highest BCUT2D eigenvalue weighted by Gasteiger charge is 2.31. The third-order valence-electron chi connectivity index (χ3n) is 3.61. The van der Waals surface area contributed by atoms with E-state index in [-0.39, 0.29) is 21.4 Å². The lowest BCUT2D eigenvalue weighted by atomic mass is 10.1. The zero-order valence-electron chi connectivity index (χ0n) is 12.9. The number of phenolic OH excluding ortho intramolecular Hbond substituents is 1. The standard InChI is InChI=1S/C15H13ClN4O4S/c1-7-6-10-11(12(16)14(7)21)13(15(22)18-10)20-19-8-2-4-9(5-3-8)25(17,23)24/h2-6,19,21H,1H3,(H2,17,23,24)(H,18,20,22). The lowest BCUT2D eigenvalue weighted by Crippen LogP contribution is -2.16. The number of carbonyl (C=O) groups excluding carboxylic acids is 1. The van der Waals surface area contributed by atoms with Crippen LogP contribution in [0.2, 0.25) is 5.02 Å². The topological polar surface area (TPSA) is 134 Å². The van der Waals surface area contributed by atoms with Gasteiger partial charge in [-0.05, 0) is 42.8 Å². The maximum atomic E-state index is 12.1. The average Bonchev–Trinajstić information content (AvgIpc) is 2.85. The van der Waals surface area contributed by atoms with E-state index in [1.807, 2.05) is 0 Å². The number of hydrogen-bond acceptors (Lipinski definition) is 6. The lowest BCUT2D eigenvalue weighted by molar-refractivity contribution is -0.110. The van der Waals surface area contributed by atoms with Crippen molar-refractivity contribution in [2.45, 2.75) is 11.8 Å². The molecule has 0 atom stereocenters. The van der Waals surface area contributed by atoms with Gasteiger partial charge < -0.3 is 10.4 Å². The molecular formula is C15H13ClN4O4S. The van der Waals surface area contributed by atoms with Crippen molar-refractivity contribution >= 4 is 44.6 Å². The number of halogens is 1. The summed E-state index contributed by atoms with van der Waals surface area (Å²) in [5, 5.41) is 21.6. The van der Waals surface area contributed by atoms with E-state index in [1.54, 1.807) is 13.0 Å². The number of rotatable bonds is 3. The second-order valence-corrected chi connectivity index (χ2v) is 7.31. The van der Waals surface area contributed by atoms with Crippen molar-refractivity contribution in [3.63, 3.8) is 0 Å². The molecule has 0 saturated carbocycles. The minimum Gasteiger partial charge on any atom is -0.506 e. The molecule has 25 heavy (non-hydrogen) atoms. The minimum atomic E-state index is -3.79. The molecule has 0 fully saturated rings. The Bertz CT molecular complexity index is 1020. The highest BCUT2D eigenvalue weighted by atomic mass is 35.5. The van der Waals surface area contributed by atoms with Crippen molar-refractivity contribution in [1.29, 1.82) is 0 Å². The fraction of sp³-hybridized carbons (Fsp3) is 0.0667. The van der Waals surface area contributed by atoms with E-state index < -0.39 is 15.9 Å². The smallest absolute Gasteiger partial charge is 0.276 e. The summed E-state index contributed by atoms with van der Waals surface area (Å²) in [6.07, 6.45) is 0. The van der Waals surface area contributed by atoms with Crippen molar-refractivity contribution in [1.82, 2.24) is 0 Å². The molecule has 5 N–H and O–H groups in total. The van der Waals surface area contributed by atoms with Crippen LogP contribution in [-0.2, 0) is 14.8 Å². The molecule has 2 aromatic rings. The van der Waals surface area contributed by atoms with Crippen molar-refractivity contribution in [2.24, 2.45) is 10.2 Å². The molecule has 1 aliphatic rings. The first kappa shape index (κ1) is 17.2. The zero-order chi connectivity index (χ0) is 18.4. The number of hydrogen-bond donors (Lipinski definition) is 4. The fourth-order valence-corrected chi connectivity index (χ4v) is 3.19. The highest BCUT2D eigenvalue weighted by Crippen LogP contribution is 2.39. The number of aryl methyl sites for hydroxylation is 1. The van der Waals surface area contributed by atoms with Crippen LogP contribution in [0, 0.1) is 6.92 Å². The molecule has 2 aromatic carbocycles. The van der Waals surface area contributed by atoms with Gasteiger partial charge in [-0.2, -0.15) is 5.10 Å². The number of phenols is 1. The van der Waals surface area contributed by atoms with Gasteiger partial charge in [0.1, 0.15) is 5.75 Å². The van der Waals surface area contributed by atoms with Crippen molar-refractivity contribution < 1.29 is 18.3 Å². The van der Waals surface area contributed by atoms with E-state index in [2.05, 4.69) is 15.8 Å².